The zero-order valence-electron chi connectivity index (χ0n) is 10.9. The van der Waals surface area contributed by atoms with E-state index in [0.29, 0.717) is 0 Å². The molecule has 0 radical (unpaired) electrons. The largest absolute Gasteiger partial charge is 0.318 e. The first-order valence-electron chi connectivity index (χ1n) is 6.08. The molecule has 2 aromatic carbocycles. The molecule has 8 heteroatoms. The summed E-state index contributed by atoms with van der Waals surface area (Å²) in [6.45, 7) is 0. The molecule has 0 unspecified atom stereocenters. The zero-order valence-corrected chi connectivity index (χ0v) is 11.7. The van der Waals surface area contributed by atoms with Gasteiger partial charge in [-0.2, -0.15) is 8.42 Å². The first kappa shape index (κ1) is 14.4. The van der Waals surface area contributed by atoms with Gasteiger partial charge in [-0.1, -0.05) is 18.2 Å². The maximum Gasteiger partial charge on any atom is 0.318 e. The predicted octanol–water partition coefficient (Wildman–Crippen LogP) is 1.74. The molecule has 1 aliphatic heterocycles. The number of hydrogen-bond donors (Lipinski definition) is 0. The van der Waals surface area contributed by atoms with E-state index in [1.54, 1.807) is 0 Å². The van der Waals surface area contributed by atoms with Crippen LogP contribution in [0.3, 0.4) is 0 Å². The molecule has 0 N–H and O–H groups in total. The molecule has 0 fully saturated rings. The number of rotatable bonds is 3. The van der Waals surface area contributed by atoms with E-state index in [0.717, 1.165) is 18.2 Å². The molecule has 1 aliphatic rings. The van der Waals surface area contributed by atoms with Crippen LogP contribution in [0.4, 0.5) is 4.39 Å². The second kappa shape index (κ2) is 5.00. The molecule has 0 aromatic heterocycles. The highest BCUT2D eigenvalue weighted by atomic mass is 32.2. The number of carbonyl (C=O) groups is 2. The van der Waals surface area contributed by atoms with Crippen LogP contribution in [0.2, 0.25) is 0 Å². The second-order valence-corrected chi connectivity index (χ2v) is 5.97. The van der Waals surface area contributed by atoms with E-state index in [4.69, 9.17) is 0 Å². The summed E-state index contributed by atoms with van der Waals surface area (Å²) in [7, 11) is -4.51. The summed E-state index contributed by atoms with van der Waals surface area (Å²) < 4.78 is 41.8. The molecule has 0 aliphatic carbocycles. The first-order valence-corrected chi connectivity index (χ1v) is 7.49. The van der Waals surface area contributed by atoms with Gasteiger partial charge < -0.3 is 0 Å². The van der Waals surface area contributed by atoms with E-state index >= 15 is 0 Å². The molecule has 2 aromatic rings. The fourth-order valence-corrected chi connectivity index (χ4v) is 2.92. The average Bonchev–Trinajstić information content (AvgIpc) is 2.73. The van der Waals surface area contributed by atoms with Crippen LogP contribution in [0.15, 0.2) is 53.4 Å². The van der Waals surface area contributed by atoms with Crippen molar-refractivity contribution in [2.45, 2.75) is 4.90 Å². The molecule has 0 saturated heterocycles. The Labute approximate surface area is 124 Å². The van der Waals surface area contributed by atoms with Crippen molar-refractivity contribution in [3.63, 3.8) is 0 Å². The maximum absolute atomic E-state index is 13.1. The van der Waals surface area contributed by atoms with Gasteiger partial charge in [0.2, 0.25) is 0 Å². The van der Waals surface area contributed by atoms with Gasteiger partial charge in [-0.15, -0.1) is 9.35 Å². The van der Waals surface area contributed by atoms with Crippen molar-refractivity contribution in [1.82, 2.24) is 5.06 Å². The minimum Gasteiger partial charge on any atom is -0.266 e. The van der Waals surface area contributed by atoms with Gasteiger partial charge in [0.15, 0.2) is 0 Å². The summed E-state index contributed by atoms with van der Waals surface area (Å²) in [4.78, 5) is 23.6. The quantitative estimate of drug-likeness (QED) is 0.804. The van der Waals surface area contributed by atoms with Crippen molar-refractivity contribution >= 4 is 21.9 Å². The summed E-state index contributed by atoms with van der Waals surface area (Å²) in [5, 5.41) is 0.158. The summed E-state index contributed by atoms with van der Waals surface area (Å²) in [6, 6.07) is 9.89. The number of benzene rings is 2. The highest BCUT2D eigenvalue weighted by Crippen LogP contribution is 2.25. The third-order valence-electron chi connectivity index (χ3n) is 3.01. The summed E-state index contributed by atoms with van der Waals surface area (Å²) >= 11 is 0. The molecular weight excluding hydrogens is 313 g/mol. The summed E-state index contributed by atoms with van der Waals surface area (Å²) in [5.74, 6) is -2.56. The first-order chi connectivity index (χ1) is 10.4. The van der Waals surface area contributed by atoms with Gasteiger partial charge in [-0.3, -0.25) is 9.59 Å². The third kappa shape index (κ3) is 2.28. The molecule has 0 bridgehead atoms. The van der Waals surface area contributed by atoms with Crippen LogP contribution in [0.5, 0.6) is 0 Å². The van der Waals surface area contributed by atoms with Crippen molar-refractivity contribution in [3.8, 4) is 0 Å². The van der Waals surface area contributed by atoms with E-state index in [1.165, 1.54) is 30.3 Å². The zero-order chi connectivity index (χ0) is 15.9. The number of halogens is 1. The lowest BCUT2D eigenvalue weighted by Gasteiger charge is -2.12. The molecule has 6 nitrogen and oxygen atoms in total. The normalized spacial score (nSPS) is 14.3. The number of amides is 2. The number of hydroxylamine groups is 2. The fraction of sp³-hybridized carbons (Fsp3) is 0. The molecule has 2 amide bonds. The van der Waals surface area contributed by atoms with Crippen LogP contribution >= 0.6 is 0 Å². The molecule has 112 valence electrons. The minimum absolute atomic E-state index is 0.0435. The molecular formula is C14H8FNO5S. The van der Waals surface area contributed by atoms with Gasteiger partial charge in [-0.25, -0.2) is 4.39 Å². The lowest BCUT2D eigenvalue weighted by atomic mass is 10.1. The van der Waals surface area contributed by atoms with Gasteiger partial charge in [0.05, 0.1) is 16.0 Å². The van der Waals surface area contributed by atoms with Crippen LogP contribution in [-0.2, 0) is 14.4 Å². The van der Waals surface area contributed by atoms with Gasteiger partial charge in [0, 0.05) is 0 Å². The van der Waals surface area contributed by atoms with E-state index in [9.17, 15) is 22.4 Å². The van der Waals surface area contributed by atoms with Crippen LogP contribution in [0.25, 0.3) is 0 Å². The molecule has 0 atom stereocenters. The van der Waals surface area contributed by atoms with Gasteiger partial charge in [0.1, 0.15) is 5.82 Å². The van der Waals surface area contributed by atoms with E-state index < -0.39 is 32.6 Å². The van der Waals surface area contributed by atoms with Crippen molar-refractivity contribution in [1.29, 1.82) is 0 Å². The average molecular weight is 321 g/mol. The Kier molecular flexibility index (Phi) is 3.27. The van der Waals surface area contributed by atoms with Gasteiger partial charge in [-0.05, 0) is 30.3 Å². The summed E-state index contributed by atoms with van der Waals surface area (Å²) in [6.07, 6.45) is 0. The smallest absolute Gasteiger partial charge is 0.266 e. The van der Waals surface area contributed by atoms with E-state index in [1.807, 2.05) is 0 Å². The number of imide groups is 1. The Morgan fingerprint density at radius 2 is 1.50 bits per heavy atom. The Morgan fingerprint density at radius 3 is 2.05 bits per heavy atom. The fourth-order valence-electron chi connectivity index (χ4n) is 2.00. The van der Waals surface area contributed by atoms with Crippen LogP contribution < -0.4 is 0 Å². The van der Waals surface area contributed by atoms with Gasteiger partial charge in [0.25, 0.3) is 11.8 Å². The monoisotopic (exact) mass is 321 g/mol. The van der Waals surface area contributed by atoms with Crippen LogP contribution in [0, 0.1) is 5.82 Å². The second-order valence-electron chi connectivity index (χ2n) is 4.44. The maximum atomic E-state index is 13.1. The highest BCUT2D eigenvalue weighted by Gasteiger charge is 2.39. The van der Waals surface area contributed by atoms with Crippen LogP contribution in [0.1, 0.15) is 20.7 Å². The van der Waals surface area contributed by atoms with Crippen LogP contribution in [-0.4, -0.2) is 25.3 Å². The van der Waals surface area contributed by atoms with Crippen molar-refractivity contribution < 1.29 is 26.7 Å². The highest BCUT2D eigenvalue weighted by molar-refractivity contribution is 7.86. The SMILES string of the molecule is O=C1c2ccccc2C(=O)N1OS(=O)(=O)c1cccc(F)c1. The molecule has 3 rings (SSSR count). The van der Waals surface area contributed by atoms with Crippen molar-refractivity contribution in [2.24, 2.45) is 0 Å². The van der Waals surface area contributed by atoms with Crippen molar-refractivity contribution in [3.05, 3.63) is 65.5 Å². The lowest BCUT2D eigenvalue weighted by Crippen LogP contribution is -2.32. The van der Waals surface area contributed by atoms with Gasteiger partial charge >= 0.3 is 10.1 Å². The Hall–Kier alpha value is -2.58. The topological polar surface area (TPSA) is 80.8 Å². The number of nitrogens with zero attached hydrogens (tertiary/aromatic N) is 1. The Bertz CT molecular complexity index is 859. The van der Waals surface area contributed by atoms with Crippen molar-refractivity contribution in [2.75, 3.05) is 0 Å². The third-order valence-corrected chi connectivity index (χ3v) is 4.19. The molecule has 1 heterocycles. The standard InChI is InChI=1S/C14H8FNO5S/c15-9-4-3-5-10(8-9)22(19,20)21-16-13(17)11-6-1-2-7-12(11)14(16)18/h1-8H. The molecule has 22 heavy (non-hydrogen) atoms. The summed E-state index contributed by atoms with van der Waals surface area (Å²) in [5.41, 5.74) is 0.0869. The molecule has 0 saturated carbocycles. The van der Waals surface area contributed by atoms with E-state index in [-0.39, 0.29) is 16.2 Å². The molecule has 0 spiro atoms. The number of hydrogen-bond acceptors (Lipinski definition) is 5. The Morgan fingerprint density at radius 1 is 0.909 bits per heavy atom. The lowest BCUT2D eigenvalue weighted by molar-refractivity contribution is -0.0104. The number of carbonyl (C=O) groups excluding carboxylic acids is 2. The van der Waals surface area contributed by atoms with E-state index in [2.05, 4.69) is 4.28 Å². The Balaban J connectivity index is 1.95. The number of fused-ring (bicyclic) bond motifs is 1. The minimum atomic E-state index is -4.51. The predicted molar refractivity (Wildman–Crippen MR) is 71.6 cm³/mol.